The van der Waals surface area contributed by atoms with Gasteiger partial charge in [-0.3, -0.25) is 4.79 Å². The molecule has 0 saturated heterocycles. The maximum absolute atomic E-state index is 12.6. The number of amides is 2. The number of rotatable bonds is 11. The van der Waals surface area contributed by atoms with Crippen molar-refractivity contribution in [1.29, 1.82) is 0 Å². The zero-order valence-corrected chi connectivity index (χ0v) is 16.8. The number of ether oxygens (including phenoxy) is 1. The third-order valence-electron chi connectivity index (χ3n) is 4.21. The number of hydrogen-bond acceptors (Lipinski definition) is 5. The lowest BCUT2D eigenvalue weighted by molar-refractivity contribution is -0.142. The maximum atomic E-state index is 12.6. The highest BCUT2D eigenvalue weighted by molar-refractivity contribution is 7.98. The third kappa shape index (κ3) is 8.34. The molecule has 0 unspecified atom stereocenters. The molecule has 0 aliphatic rings. The number of carboxylic acids is 1. The molecule has 3 N–H and O–H groups in total. The van der Waals surface area contributed by atoms with Crippen LogP contribution >= 0.6 is 11.8 Å². The fourth-order valence-corrected chi connectivity index (χ4v) is 2.82. The van der Waals surface area contributed by atoms with Crippen LogP contribution in [0.15, 0.2) is 30.3 Å². The van der Waals surface area contributed by atoms with Crippen LogP contribution in [0.25, 0.3) is 0 Å². The summed E-state index contributed by atoms with van der Waals surface area (Å²) in [6.07, 6.45) is 2.11. The van der Waals surface area contributed by atoms with Crippen molar-refractivity contribution in [3.05, 3.63) is 35.9 Å². The molecule has 0 bridgehead atoms. The van der Waals surface area contributed by atoms with E-state index >= 15 is 0 Å². The Balaban J connectivity index is 2.68. The van der Waals surface area contributed by atoms with Gasteiger partial charge in [0.1, 0.15) is 18.7 Å². The molecule has 1 aromatic carbocycles. The quantitative estimate of drug-likeness (QED) is 0.531. The van der Waals surface area contributed by atoms with E-state index < -0.39 is 30.1 Å². The van der Waals surface area contributed by atoms with E-state index in [-0.39, 0.29) is 12.5 Å². The highest BCUT2D eigenvalue weighted by Gasteiger charge is 2.30. The molecule has 0 aliphatic carbocycles. The number of carbonyl (C=O) groups excluding carboxylic acids is 2. The van der Waals surface area contributed by atoms with Crippen molar-refractivity contribution < 1.29 is 24.2 Å². The molecule has 0 saturated carbocycles. The van der Waals surface area contributed by atoms with Crippen molar-refractivity contribution in [2.75, 3.05) is 12.0 Å². The van der Waals surface area contributed by atoms with E-state index in [4.69, 9.17) is 4.74 Å². The van der Waals surface area contributed by atoms with Gasteiger partial charge in [0.05, 0.1) is 0 Å². The zero-order valence-electron chi connectivity index (χ0n) is 15.9. The second-order valence-corrected chi connectivity index (χ2v) is 7.24. The summed E-state index contributed by atoms with van der Waals surface area (Å²) in [5.74, 6) is -1.18. The van der Waals surface area contributed by atoms with Crippen LogP contribution in [0, 0.1) is 5.92 Å². The molecule has 2 amide bonds. The zero-order chi connectivity index (χ0) is 20.2. The summed E-state index contributed by atoms with van der Waals surface area (Å²) >= 11 is 1.50. The number of hydrogen-bond donors (Lipinski definition) is 3. The van der Waals surface area contributed by atoms with Gasteiger partial charge in [0.15, 0.2) is 0 Å². The van der Waals surface area contributed by atoms with Crippen molar-refractivity contribution in [3.63, 3.8) is 0 Å². The number of nitrogens with one attached hydrogen (secondary N) is 2. The summed E-state index contributed by atoms with van der Waals surface area (Å²) in [6.45, 7) is 3.80. The van der Waals surface area contributed by atoms with Gasteiger partial charge in [-0.05, 0) is 29.9 Å². The van der Waals surface area contributed by atoms with Gasteiger partial charge in [-0.15, -0.1) is 0 Å². The first-order valence-electron chi connectivity index (χ1n) is 8.88. The average molecular weight is 397 g/mol. The summed E-state index contributed by atoms with van der Waals surface area (Å²) in [7, 11) is 0. The summed E-state index contributed by atoms with van der Waals surface area (Å²) in [5, 5.41) is 14.4. The van der Waals surface area contributed by atoms with Gasteiger partial charge in [-0.25, -0.2) is 9.59 Å². The van der Waals surface area contributed by atoms with Crippen molar-refractivity contribution >= 4 is 29.7 Å². The lowest BCUT2D eigenvalue weighted by Gasteiger charge is -2.25. The van der Waals surface area contributed by atoms with Crippen LogP contribution in [0.3, 0.4) is 0 Å². The van der Waals surface area contributed by atoms with Crippen LogP contribution in [0.4, 0.5) is 4.79 Å². The third-order valence-corrected chi connectivity index (χ3v) is 4.85. The van der Waals surface area contributed by atoms with Crippen molar-refractivity contribution in [2.45, 2.75) is 45.4 Å². The number of benzene rings is 1. The fourth-order valence-electron chi connectivity index (χ4n) is 2.35. The van der Waals surface area contributed by atoms with Gasteiger partial charge in [0.2, 0.25) is 5.91 Å². The minimum Gasteiger partial charge on any atom is -0.480 e. The Morgan fingerprint density at radius 2 is 1.85 bits per heavy atom. The first-order chi connectivity index (χ1) is 12.9. The Labute approximate surface area is 164 Å². The first-order valence-corrected chi connectivity index (χ1v) is 10.3. The van der Waals surface area contributed by atoms with Gasteiger partial charge < -0.3 is 20.5 Å². The van der Waals surface area contributed by atoms with E-state index in [9.17, 15) is 19.5 Å². The number of alkyl carbamates (subject to hydrolysis) is 1. The van der Waals surface area contributed by atoms with E-state index in [1.807, 2.05) is 50.4 Å². The fraction of sp³-hybridized carbons (Fsp3) is 0.526. The standard InChI is InChI=1S/C19H28N2O5S/c1-4-13(2)16(17(22)20-15(18(23)24)10-11-27-3)21-19(25)26-12-14-8-6-5-7-9-14/h5-9,13,15-16H,4,10-12H2,1-3H3,(H,20,22)(H,21,25)(H,23,24)/t13-,15+,16-/m0/s1. The smallest absolute Gasteiger partial charge is 0.408 e. The van der Waals surface area contributed by atoms with Crippen LogP contribution in [-0.4, -0.2) is 47.2 Å². The van der Waals surface area contributed by atoms with Crippen LogP contribution in [-0.2, 0) is 20.9 Å². The lowest BCUT2D eigenvalue weighted by Crippen LogP contribution is -2.54. The molecular formula is C19H28N2O5S. The van der Waals surface area contributed by atoms with E-state index in [1.54, 1.807) is 0 Å². The molecule has 27 heavy (non-hydrogen) atoms. The summed E-state index contributed by atoms with van der Waals surface area (Å²) in [5.41, 5.74) is 0.834. The SMILES string of the molecule is CC[C@H](C)[C@H](NC(=O)OCc1ccccc1)C(=O)N[C@H](CCSC)C(=O)O. The van der Waals surface area contributed by atoms with Gasteiger partial charge in [-0.2, -0.15) is 11.8 Å². The largest absolute Gasteiger partial charge is 0.480 e. The summed E-state index contributed by atoms with van der Waals surface area (Å²) < 4.78 is 5.17. The highest BCUT2D eigenvalue weighted by atomic mass is 32.2. The maximum Gasteiger partial charge on any atom is 0.408 e. The Kier molecular flexibility index (Phi) is 10.3. The molecule has 0 aromatic heterocycles. The predicted molar refractivity (Wildman–Crippen MR) is 106 cm³/mol. The van der Waals surface area contributed by atoms with Crippen LogP contribution in [0.1, 0.15) is 32.3 Å². The first kappa shape index (κ1) is 22.8. The van der Waals surface area contributed by atoms with Gasteiger partial charge in [0, 0.05) is 0 Å². The number of carbonyl (C=O) groups is 3. The molecule has 0 fully saturated rings. The van der Waals surface area contributed by atoms with Gasteiger partial charge in [0.25, 0.3) is 0 Å². The second kappa shape index (κ2) is 12.2. The molecule has 8 heteroatoms. The monoisotopic (exact) mass is 396 g/mol. The molecule has 1 aromatic rings. The topological polar surface area (TPSA) is 105 Å². The Morgan fingerprint density at radius 3 is 2.41 bits per heavy atom. The Bertz CT molecular complexity index is 611. The number of thioether (sulfide) groups is 1. The molecule has 0 spiro atoms. The minimum atomic E-state index is -1.09. The second-order valence-electron chi connectivity index (χ2n) is 6.25. The molecule has 3 atom stereocenters. The molecule has 1 rings (SSSR count). The van der Waals surface area contributed by atoms with Crippen LogP contribution in [0.2, 0.25) is 0 Å². The van der Waals surface area contributed by atoms with Gasteiger partial charge >= 0.3 is 12.1 Å². The molecular weight excluding hydrogens is 368 g/mol. The van der Waals surface area contributed by atoms with E-state index in [0.717, 1.165) is 5.56 Å². The number of carboxylic acid groups (broad SMARTS) is 1. The van der Waals surface area contributed by atoms with E-state index in [0.29, 0.717) is 18.6 Å². The van der Waals surface area contributed by atoms with Crippen molar-refractivity contribution in [1.82, 2.24) is 10.6 Å². The van der Waals surface area contributed by atoms with Crippen LogP contribution in [0.5, 0.6) is 0 Å². The van der Waals surface area contributed by atoms with E-state index in [1.165, 1.54) is 11.8 Å². The highest BCUT2D eigenvalue weighted by Crippen LogP contribution is 2.10. The normalized spacial score (nSPS) is 13.9. The summed E-state index contributed by atoms with van der Waals surface area (Å²) in [6, 6.07) is 7.35. The predicted octanol–water partition coefficient (Wildman–Crippen LogP) is 2.65. The summed E-state index contributed by atoms with van der Waals surface area (Å²) in [4.78, 5) is 36.0. The molecule has 150 valence electrons. The molecule has 0 heterocycles. The molecule has 0 aliphatic heterocycles. The van der Waals surface area contributed by atoms with Crippen LogP contribution < -0.4 is 10.6 Å². The average Bonchev–Trinajstić information content (AvgIpc) is 2.67. The van der Waals surface area contributed by atoms with E-state index in [2.05, 4.69) is 10.6 Å². The van der Waals surface area contributed by atoms with Crippen molar-refractivity contribution in [3.8, 4) is 0 Å². The number of aliphatic carboxylic acids is 1. The van der Waals surface area contributed by atoms with Gasteiger partial charge in [-0.1, -0.05) is 50.6 Å². The Hall–Kier alpha value is -2.22. The molecule has 0 radical (unpaired) electrons. The molecule has 7 nitrogen and oxygen atoms in total. The lowest BCUT2D eigenvalue weighted by atomic mass is 9.98. The Morgan fingerprint density at radius 1 is 1.19 bits per heavy atom. The minimum absolute atomic E-state index is 0.0903. The van der Waals surface area contributed by atoms with Crippen molar-refractivity contribution in [2.24, 2.45) is 5.92 Å².